The van der Waals surface area contributed by atoms with Gasteiger partial charge in [0.05, 0.1) is 11.4 Å². The van der Waals surface area contributed by atoms with E-state index in [2.05, 4.69) is 16.5 Å². The molecule has 0 saturated carbocycles. The molecule has 6 N–H and O–H groups in total. The van der Waals surface area contributed by atoms with Crippen LogP contribution in [0.1, 0.15) is 20.8 Å². The van der Waals surface area contributed by atoms with Crippen molar-refractivity contribution >= 4 is 0 Å². The number of aromatic hydroxyl groups is 6. The SMILES string of the molecule is C=CC.CC.Oc1cc(-c2ccc(-c3cccc(-c4ccc(-c5cc(O)c(O)c(O)c5)cn4)c3)nc2)cc(O)c1O. The van der Waals surface area contributed by atoms with E-state index in [9.17, 15) is 30.6 Å². The van der Waals surface area contributed by atoms with Gasteiger partial charge in [-0.25, -0.2) is 0 Å². The lowest BCUT2D eigenvalue weighted by Gasteiger charge is -2.09. The van der Waals surface area contributed by atoms with Gasteiger partial charge in [0.15, 0.2) is 34.5 Å². The molecule has 0 aliphatic rings. The maximum atomic E-state index is 9.76. The van der Waals surface area contributed by atoms with Gasteiger partial charge in [-0.3, -0.25) is 9.97 Å². The first kappa shape index (κ1) is 30.0. The number of hydrogen-bond acceptors (Lipinski definition) is 8. The summed E-state index contributed by atoms with van der Waals surface area (Å²) in [5.41, 5.74) is 5.46. The summed E-state index contributed by atoms with van der Waals surface area (Å²) in [4.78, 5) is 9.01. The first-order valence-electron chi connectivity index (χ1n) is 12.8. The number of pyridine rings is 2. The van der Waals surface area contributed by atoms with Gasteiger partial charge in [-0.1, -0.05) is 50.3 Å². The minimum absolute atomic E-state index is 0.417. The Morgan fingerprint density at radius 1 is 0.512 bits per heavy atom. The highest BCUT2D eigenvalue weighted by molar-refractivity contribution is 5.75. The van der Waals surface area contributed by atoms with Crippen molar-refractivity contribution in [3.63, 3.8) is 0 Å². The smallest absolute Gasteiger partial charge is 0.200 e. The predicted molar refractivity (Wildman–Crippen MR) is 161 cm³/mol. The fourth-order valence-corrected chi connectivity index (χ4v) is 3.85. The highest BCUT2D eigenvalue weighted by atomic mass is 16.3. The van der Waals surface area contributed by atoms with E-state index in [1.165, 1.54) is 24.3 Å². The zero-order valence-corrected chi connectivity index (χ0v) is 22.9. The van der Waals surface area contributed by atoms with E-state index in [4.69, 9.17) is 0 Å². The van der Waals surface area contributed by atoms with E-state index in [1.54, 1.807) is 30.6 Å². The molecule has 0 saturated heterocycles. The molecule has 3 aromatic carbocycles. The third-order valence-corrected chi connectivity index (χ3v) is 5.79. The van der Waals surface area contributed by atoms with Crippen LogP contribution in [0.4, 0.5) is 0 Å². The van der Waals surface area contributed by atoms with Crippen molar-refractivity contribution in [1.82, 2.24) is 9.97 Å². The van der Waals surface area contributed by atoms with Crippen LogP contribution in [0, 0.1) is 0 Å². The van der Waals surface area contributed by atoms with E-state index in [-0.39, 0.29) is 0 Å². The van der Waals surface area contributed by atoms with Gasteiger partial charge in [0, 0.05) is 34.6 Å². The first-order chi connectivity index (χ1) is 19.7. The molecule has 41 heavy (non-hydrogen) atoms. The summed E-state index contributed by atoms with van der Waals surface area (Å²) < 4.78 is 0. The molecule has 210 valence electrons. The first-order valence-corrected chi connectivity index (χ1v) is 12.8. The second-order valence-corrected chi connectivity index (χ2v) is 8.58. The molecule has 0 spiro atoms. The summed E-state index contributed by atoms with van der Waals surface area (Å²) in [6.45, 7) is 9.25. The second-order valence-electron chi connectivity index (χ2n) is 8.58. The number of phenolic OH excluding ortho intramolecular Hbond substituents is 6. The van der Waals surface area contributed by atoms with Crippen LogP contribution in [0.3, 0.4) is 0 Å². The summed E-state index contributed by atoms with van der Waals surface area (Å²) in [6, 6.07) is 20.3. The Morgan fingerprint density at radius 3 is 1.15 bits per heavy atom. The van der Waals surface area contributed by atoms with Crippen LogP contribution in [-0.4, -0.2) is 40.6 Å². The van der Waals surface area contributed by atoms with E-state index in [1.807, 2.05) is 57.2 Å². The summed E-state index contributed by atoms with van der Waals surface area (Å²) in [5.74, 6) is -2.81. The number of benzene rings is 3. The molecule has 0 bridgehead atoms. The van der Waals surface area contributed by atoms with Gasteiger partial charge in [-0.05, 0) is 60.5 Å². The molecule has 5 rings (SSSR count). The number of aromatic nitrogens is 2. The number of nitrogens with zero attached hydrogens (tertiary/aromatic N) is 2. The van der Waals surface area contributed by atoms with Crippen LogP contribution in [0.5, 0.6) is 34.5 Å². The molecular weight excluding hydrogens is 520 g/mol. The van der Waals surface area contributed by atoms with Crippen LogP contribution in [-0.2, 0) is 0 Å². The molecule has 0 fully saturated rings. The average molecular weight is 553 g/mol. The summed E-state index contributed by atoms with van der Waals surface area (Å²) in [6.07, 6.45) is 4.98. The quantitative estimate of drug-likeness (QED) is 0.0987. The van der Waals surface area contributed by atoms with Crippen LogP contribution in [0.15, 0.2) is 97.8 Å². The third kappa shape index (κ3) is 6.93. The molecule has 2 heterocycles. The van der Waals surface area contributed by atoms with Gasteiger partial charge in [0.2, 0.25) is 0 Å². The lowest BCUT2D eigenvalue weighted by atomic mass is 10.0. The topological polar surface area (TPSA) is 147 Å². The molecule has 8 heteroatoms. The Kier molecular flexibility index (Phi) is 9.91. The predicted octanol–water partition coefficient (Wildman–Crippen LogP) is 7.60. The molecule has 5 aromatic rings. The summed E-state index contributed by atoms with van der Waals surface area (Å²) in [5, 5.41) is 58.1. The number of phenols is 6. The van der Waals surface area contributed by atoms with Gasteiger partial charge in [-0.2, -0.15) is 0 Å². The average Bonchev–Trinajstić information content (AvgIpc) is 3.00. The van der Waals surface area contributed by atoms with Crippen molar-refractivity contribution in [1.29, 1.82) is 0 Å². The standard InChI is InChI=1S/C28H20N2O6.C3H6.C2H6/c31-23-9-19(10-24(32)27(23)35)17-4-6-21(29-13-17)15-2-1-3-16(8-15)22-7-5-18(14-30-22)20-11-25(33)28(36)26(34)12-20;1-3-2;1-2/h1-14,31-36H;3H,1H2,2H3;1-2H3. The Balaban J connectivity index is 0.000000868. The van der Waals surface area contributed by atoms with Gasteiger partial charge in [0.25, 0.3) is 0 Å². The third-order valence-electron chi connectivity index (χ3n) is 5.79. The number of allylic oxidation sites excluding steroid dienone is 1. The van der Waals surface area contributed by atoms with Crippen molar-refractivity contribution in [3.8, 4) is 79.3 Å². The van der Waals surface area contributed by atoms with Gasteiger partial charge in [0.1, 0.15) is 0 Å². The molecule has 8 nitrogen and oxygen atoms in total. The molecule has 0 aliphatic heterocycles. The minimum atomic E-state index is -0.568. The molecule has 0 radical (unpaired) electrons. The van der Waals surface area contributed by atoms with Gasteiger partial charge >= 0.3 is 0 Å². The largest absolute Gasteiger partial charge is 0.504 e. The molecule has 0 aliphatic carbocycles. The Hall–Kier alpha value is -5.50. The van der Waals surface area contributed by atoms with E-state index in [0.717, 1.165) is 11.1 Å². The van der Waals surface area contributed by atoms with Crippen molar-refractivity contribution < 1.29 is 30.6 Å². The van der Waals surface area contributed by atoms with Crippen LogP contribution >= 0.6 is 0 Å². The zero-order chi connectivity index (χ0) is 30.1. The minimum Gasteiger partial charge on any atom is -0.504 e. The molecule has 0 unspecified atom stereocenters. The Labute approximate surface area is 238 Å². The Bertz CT molecular complexity index is 1470. The van der Waals surface area contributed by atoms with Crippen LogP contribution < -0.4 is 0 Å². The molecule has 0 amide bonds. The number of rotatable bonds is 4. The second kappa shape index (κ2) is 13.5. The molecular formula is C33H32N2O6. The summed E-state index contributed by atoms with van der Waals surface area (Å²) in [7, 11) is 0. The zero-order valence-electron chi connectivity index (χ0n) is 22.9. The monoisotopic (exact) mass is 552 g/mol. The van der Waals surface area contributed by atoms with E-state index >= 15 is 0 Å². The Morgan fingerprint density at radius 2 is 0.854 bits per heavy atom. The van der Waals surface area contributed by atoms with Crippen molar-refractivity contribution in [2.45, 2.75) is 20.8 Å². The maximum Gasteiger partial charge on any atom is 0.200 e. The summed E-state index contributed by atoms with van der Waals surface area (Å²) >= 11 is 0. The van der Waals surface area contributed by atoms with Gasteiger partial charge in [-0.15, -0.1) is 6.58 Å². The van der Waals surface area contributed by atoms with Crippen molar-refractivity contribution in [2.75, 3.05) is 0 Å². The molecule has 2 aromatic heterocycles. The maximum absolute atomic E-state index is 9.76. The van der Waals surface area contributed by atoms with Crippen molar-refractivity contribution in [2.24, 2.45) is 0 Å². The van der Waals surface area contributed by atoms with E-state index in [0.29, 0.717) is 33.6 Å². The lowest BCUT2D eigenvalue weighted by molar-refractivity contribution is 0.368. The van der Waals surface area contributed by atoms with E-state index < -0.39 is 34.5 Å². The normalized spacial score (nSPS) is 10.0. The fourth-order valence-electron chi connectivity index (χ4n) is 3.85. The highest BCUT2D eigenvalue weighted by Gasteiger charge is 2.12. The molecule has 0 atom stereocenters. The van der Waals surface area contributed by atoms with Crippen LogP contribution in [0.25, 0.3) is 44.8 Å². The van der Waals surface area contributed by atoms with Crippen LogP contribution in [0.2, 0.25) is 0 Å². The number of hydrogen-bond donors (Lipinski definition) is 6. The van der Waals surface area contributed by atoms with Gasteiger partial charge < -0.3 is 30.6 Å². The lowest BCUT2D eigenvalue weighted by Crippen LogP contribution is -1.88. The highest BCUT2D eigenvalue weighted by Crippen LogP contribution is 2.40. The fraction of sp³-hybridized carbons (Fsp3) is 0.0909. The van der Waals surface area contributed by atoms with Crippen molar-refractivity contribution in [3.05, 3.63) is 97.8 Å².